The molecule has 0 aromatic rings. The van der Waals surface area contributed by atoms with Crippen LogP contribution in [0.4, 0.5) is 0 Å². The van der Waals surface area contributed by atoms with Gasteiger partial charge in [-0.3, -0.25) is 0 Å². The van der Waals surface area contributed by atoms with E-state index in [1.54, 1.807) is 0 Å². The number of piperidine rings is 1. The van der Waals surface area contributed by atoms with Crippen molar-refractivity contribution in [3.05, 3.63) is 0 Å². The minimum atomic E-state index is -0.915. The van der Waals surface area contributed by atoms with Gasteiger partial charge in [-0.15, -0.1) is 0 Å². The average molecular weight is 245 g/mol. The first-order valence-electron chi connectivity index (χ1n) is 6.26. The molecule has 2 N–H and O–H groups in total. The third-order valence-electron chi connectivity index (χ3n) is 3.27. The van der Waals surface area contributed by atoms with Gasteiger partial charge in [0.1, 0.15) is 0 Å². The lowest BCUT2D eigenvalue weighted by molar-refractivity contribution is -0.287. The van der Waals surface area contributed by atoms with Crippen molar-refractivity contribution in [2.45, 2.75) is 63.8 Å². The fourth-order valence-electron chi connectivity index (χ4n) is 2.65. The molecule has 0 aliphatic carbocycles. The Labute approximate surface area is 102 Å². The predicted octanol–water partition coefficient (Wildman–Crippen LogP) is 0.301. The van der Waals surface area contributed by atoms with Gasteiger partial charge < -0.3 is 19.7 Å². The first-order chi connectivity index (χ1) is 7.87. The zero-order chi connectivity index (χ0) is 12.6. The monoisotopic (exact) mass is 245 g/mol. The summed E-state index contributed by atoms with van der Waals surface area (Å²) in [6.07, 6.45) is 0.0793. The summed E-state index contributed by atoms with van der Waals surface area (Å²) in [7, 11) is 0. The number of rotatable bonds is 2. The van der Waals surface area contributed by atoms with Crippen molar-refractivity contribution < 1.29 is 19.7 Å². The second kappa shape index (κ2) is 4.82. The second-order valence-electron chi connectivity index (χ2n) is 5.97. The second-order valence-corrected chi connectivity index (χ2v) is 5.97. The number of hydrogen-bond acceptors (Lipinski definition) is 5. The fraction of sp³-hybridized carbons (Fsp3) is 1.00. The Morgan fingerprint density at radius 2 is 1.76 bits per heavy atom. The van der Waals surface area contributed by atoms with E-state index in [9.17, 15) is 10.2 Å². The Bertz CT molecular complexity index is 252. The number of fused-ring (bicyclic) bond motifs is 2. The Hall–Kier alpha value is -0.200. The highest BCUT2D eigenvalue weighted by Crippen LogP contribution is 2.30. The fourth-order valence-corrected chi connectivity index (χ4v) is 2.65. The summed E-state index contributed by atoms with van der Waals surface area (Å²) in [6, 6.07) is 0.102. The van der Waals surface area contributed by atoms with Crippen LogP contribution in [0.1, 0.15) is 33.6 Å². The minimum Gasteiger partial charge on any atom is -0.393 e. The molecule has 2 fully saturated rings. The first-order valence-corrected chi connectivity index (χ1v) is 6.26. The molecule has 2 heterocycles. The van der Waals surface area contributed by atoms with Crippen molar-refractivity contribution in [3.63, 3.8) is 0 Å². The molecule has 2 aliphatic heterocycles. The predicted molar refractivity (Wildman–Crippen MR) is 62.3 cm³/mol. The molecule has 3 unspecified atom stereocenters. The summed E-state index contributed by atoms with van der Waals surface area (Å²) in [4.78, 5) is 1.95. The van der Waals surface area contributed by atoms with Crippen LogP contribution in [-0.2, 0) is 9.47 Å². The van der Waals surface area contributed by atoms with E-state index in [4.69, 9.17) is 9.47 Å². The number of hydrogen-bond donors (Lipinski definition) is 2. The number of ether oxygens (including phenoxy) is 2. The van der Waals surface area contributed by atoms with E-state index in [-0.39, 0.29) is 23.8 Å². The first kappa shape index (κ1) is 13.2. The third kappa shape index (κ3) is 3.17. The molecule has 0 saturated carbocycles. The van der Waals surface area contributed by atoms with Crippen LogP contribution in [0.5, 0.6) is 0 Å². The van der Waals surface area contributed by atoms with Crippen LogP contribution in [-0.4, -0.2) is 58.5 Å². The zero-order valence-electron chi connectivity index (χ0n) is 10.8. The molecule has 0 radical (unpaired) electrons. The topological polar surface area (TPSA) is 62.2 Å². The molecule has 2 aliphatic rings. The molecule has 100 valence electrons. The van der Waals surface area contributed by atoms with E-state index >= 15 is 0 Å². The lowest BCUT2D eigenvalue weighted by Gasteiger charge is -2.49. The quantitative estimate of drug-likeness (QED) is 0.685. The van der Waals surface area contributed by atoms with Gasteiger partial charge in [0.25, 0.3) is 0 Å². The largest absolute Gasteiger partial charge is 0.393 e. The third-order valence-corrected chi connectivity index (χ3v) is 3.27. The van der Waals surface area contributed by atoms with Gasteiger partial charge in [-0.25, -0.2) is 4.90 Å². The van der Waals surface area contributed by atoms with Gasteiger partial charge >= 0.3 is 0 Å². The molecule has 0 spiro atoms. The van der Waals surface area contributed by atoms with Crippen molar-refractivity contribution >= 4 is 0 Å². The SMILES string of the molecule is CC(C)(C)OC(O)N1C2COCC1CC(O)C2. The molecule has 0 amide bonds. The molecule has 5 heteroatoms. The molecule has 2 rings (SSSR count). The molecule has 5 nitrogen and oxygen atoms in total. The molecular formula is C12H23NO4. The minimum absolute atomic E-state index is 0.0508. The molecule has 17 heavy (non-hydrogen) atoms. The van der Waals surface area contributed by atoms with Gasteiger partial charge in [0, 0.05) is 12.1 Å². The van der Waals surface area contributed by atoms with Gasteiger partial charge in [-0.05, 0) is 33.6 Å². The number of aliphatic hydroxyl groups is 2. The smallest absolute Gasteiger partial charge is 0.217 e. The zero-order valence-corrected chi connectivity index (χ0v) is 10.8. The van der Waals surface area contributed by atoms with Crippen LogP contribution in [0.2, 0.25) is 0 Å². The van der Waals surface area contributed by atoms with Crippen LogP contribution < -0.4 is 0 Å². The Morgan fingerprint density at radius 3 is 2.24 bits per heavy atom. The van der Waals surface area contributed by atoms with Crippen molar-refractivity contribution in [1.82, 2.24) is 4.90 Å². The Balaban J connectivity index is 2.04. The summed E-state index contributed by atoms with van der Waals surface area (Å²) in [6.45, 7) is 6.86. The molecule has 2 bridgehead atoms. The summed E-state index contributed by atoms with van der Waals surface area (Å²) < 4.78 is 11.1. The average Bonchev–Trinajstić information content (AvgIpc) is 2.12. The van der Waals surface area contributed by atoms with Crippen LogP contribution in [0.3, 0.4) is 0 Å². The van der Waals surface area contributed by atoms with Crippen LogP contribution in [0.15, 0.2) is 0 Å². The summed E-state index contributed by atoms with van der Waals surface area (Å²) in [5.41, 5.74) is -0.384. The Morgan fingerprint density at radius 1 is 1.24 bits per heavy atom. The highest BCUT2D eigenvalue weighted by atomic mass is 16.6. The lowest BCUT2D eigenvalue weighted by atomic mass is 9.92. The van der Waals surface area contributed by atoms with Crippen molar-refractivity contribution in [2.24, 2.45) is 0 Å². The van der Waals surface area contributed by atoms with Gasteiger partial charge in [0.2, 0.25) is 6.41 Å². The van der Waals surface area contributed by atoms with E-state index in [2.05, 4.69) is 0 Å². The maximum Gasteiger partial charge on any atom is 0.217 e. The van der Waals surface area contributed by atoms with E-state index in [1.165, 1.54) is 0 Å². The van der Waals surface area contributed by atoms with Crippen LogP contribution in [0, 0.1) is 0 Å². The van der Waals surface area contributed by atoms with Gasteiger partial charge in [-0.1, -0.05) is 0 Å². The highest BCUT2D eigenvalue weighted by molar-refractivity contribution is 4.91. The molecule has 0 aromatic carbocycles. The van der Waals surface area contributed by atoms with Gasteiger partial charge in [0.05, 0.1) is 24.9 Å². The number of aliphatic hydroxyl groups excluding tert-OH is 2. The van der Waals surface area contributed by atoms with E-state index in [1.807, 2.05) is 25.7 Å². The van der Waals surface area contributed by atoms with Crippen LogP contribution >= 0.6 is 0 Å². The van der Waals surface area contributed by atoms with Gasteiger partial charge in [0.15, 0.2) is 0 Å². The van der Waals surface area contributed by atoms with Crippen molar-refractivity contribution in [2.75, 3.05) is 13.2 Å². The lowest BCUT2D eigenvalue weighted by Crippen LogP contribution is -2.62. The standard InChI is InChI=1S/C12H23NO4/c1-12(2,3)17-11(15)13-8-4-10(14)5-9(13)7-16-6-8/h8-11,14-15H,4-7H2,1-3H3. The molecule has 2 saturated heterocycles. The number of nitrogens with zero attached hydrogens (tertiary/aromatic N) is 1. The van der Waals surface area contributed by atoms with Crippen LogP contribution in [0.25, 0.3) is 0 Å². The molecular weight excluding hydrogens is 222 g/mol. The van der Waals surface area contributed by atoms with Crippen molar-refractivity contribution in [1.29, 1.82) is 0 Å². The highest BCUT2D eigenvalue weighted by Gasteiger charge is 2.42. The maximum atomic E-state index is 10.2. The van der Waals surface area contributed by atoms with Crippen molar-refractivity contribution in [3.8, 4) is 0 Å². The molecule has 0 aromatic heterocycles. The summed E-state index contributed by atoms with van der Waals surface area (Å²) in [5, 5.41) is 19.9. The Kier molecular flexibility index (Phi) is 3.75. The van der Waals surface area contributed by atoms with Gasteiger partial charge in [-0.2, -0.15) is 0 Å². The maximum absolute atomic E-state index is 10.2. The summed E-state index contributed by atoms with van der Waals surface area (Å²) in [5.74, 6) is 0. The number of morpholine rings is 1. The normalized spacial score (nSPS) is 36.9. The molecule has 3 atom stereocenters. The van der Waals surface area contributed by atoms with E-state index < -0.39 is 6.41 Å². The van der Waals surface area contributed by atoms with E-state index in [0.29, 0.717) is 26.1 Å². The summed E-state index contributed by atoms with van der Waals surface area (Å²) >= 11 is 0. The van der Waals surface area contributed by atoms with E-state index in [0.717, 1.165) is 0 Å².